The van der Waals surface area contributed by atoms with Gasteiger partial charge in [-0.15, -0.1) is 0 Å². The van der Waals surface area contributed by atoms with E-state index in [9.17, 15) is 9.59 Å². The summed E-state index contributed by atoms with van der Waals surface area (Å²) < 4.78 is 0. The van der Waals surface area contributed by atoms with Gasteiger partial charge in [-0.3, -0.25) is 10.1 Å². The molecule has 0 fully saturated rings. The number of nitrogens with one attached hydrogen (secondary N) is 3. The van der Waals surface area contributed by atoms with Gasteiger partial charge in [0.15, 0.2) is 0 Å². The van der Waals surface area contributed by atoms with Crippen LogP contribution in [0, 0.1) is 0 Å². The number of benzene rings is 1. The van der Waals surface area contributed by atoms with Crippen molar-refractivity contribution in [3.8, 4) is 0 Å². The van der Waals surface area contributed by atoms with Crippen LogP contribution in [0.4, 0.5) is 0 Å². The van der Waals surface area contributed by atoms with Gasteiger partial charge in [0.1, 0.15) is 6.04 Å². The molecule has 102 valence electrons. The van der Waals surface area contributed by atoms with Crippen LogP contribution < -0.4 is 11.0 Å². The van der Waals surface area contributed by atoms with Crippen LogP contribution in [0.25, 0.3) is 11.0 Å². The third-order valence-electron chi connectivity index (χ3n) is 3.20. The first-order valence-corrected chi connectivity index (χ1v) is 6.22. The summed E-state index contributed by atoms with van der Waals surface area (Å²) in [6.07, 6.45) is 0.517. The lowest BCUT2D eigenvalue weighted by molar-refractivity contribution is -0.139. The molecular weight excluding hydrogens is 246 g/mol. The van der Waals surface area contributed by atoms with Gasteiger partial charge in [0, 0.05) is 6.04 Å². The molecule has 0 radical (unpaired) electrons. The van der Waals surface area contributed by atoms with Crippen LogP contribution in [0.5, 0.6) is 0 Å². The zero-order chi connectivity index (χ0) is 14.0. The zero-order valence-electron chi connectivity index (χ0n) is 10.9. The van der Waals surface area contributed by atoms with Gasteiger partial charge in [0.05, 0.1) is 11.0 Å². The number of imidazole rings is 1. The molecule has 0 saturated carbocycles. The molecule has 0 aliphatic heterocycles. The minimum absolute atomic E-state index is 0.108. The van der Waals surface area contributed by atoms with Crippen LogP contribution in [-0.2, 0) is 4.79 Å². The Kier molecular flexibility index (Phi) is 3.71. The van der Waals surface area contributed by atoms with Crippen molar-refractivity contribution in [2.24, 2.45) is 0 Å². The second kappa shape index (κ2) is 5.27. The van der Waals surface area contributed by atoms with Crippen molar-refractivity contribution in [2.45, 2.75) is 32.4 Å². The summed E-state index contributed by atoms with van der Waals surface area (Å²) in [6, 6.07) is 4.85. The molecule has 0 spiro atoms. The van der Waals surface area contributed by atoms with E-state index >= 15 is 0 Å². The number of aromatic amines is 2. The summed E-state index contributed by atoms with van der Waals surface area (Å²) in [7, 11) is 0. The summed E-state index contributed by atoms with van der Waals surface area (Å²) in [5.41, 5.74) is 2.15. The molecule has 2 aromatic rings. The highest BCUT2D eigenvalue weighted by Gasteiger charge is 2.18. The monoisotopic (exact) mass is 263 g/mol. The third-order valence-corrected chi connectivity index (χ3v) is 3.20. The Bertz CT molecular complexity index is 644. The number of fused-ring (bicyclic) bond motifs is 1. The van der Waals surface area contributed by atoms with Gasteiger partial charge in [-0.25, -0.2) is 4.79 Å². The first-order valence-electron chi connectivity index (χ1n) is 6.22. The van der Waals surface area contributed by atoms with Crippen LogP contribution in [0.3, 0.4) is 0 Å². The minimum Gasteiger partial charge on any atom is -0.480 e. The lowest BCUT2D eigenvalue weighted by Gasteiger charge is -2.19. The highest BCUT2D eigenvalue weighted by atomic mass is 16.4. The summed E-state index contributed by atoms with van der Waals surface area (Å²) in [5.74, 6) is -0.856. The first kappa shape index (κ1) is 13.4. The van der Waals surface area contributed by atoms with Gasteiger partial charge >= 0.3 is 11.7 Å². The summed E-state index contributed by atoms with van der Waals surface area (Å²) in [5, 5.41) is 12.1. The Hall–Kier alpha value is -2.08. The van der Waals surface area contributed by atoms with E-state index in [1.165, 1.54) is 0 Å². The van der Waals surface area contributed by atoms with E-state index < -0.39 is 12.0 Å². The molecule has 0 saturated heterocycles. The lowest BCUT2D eigenvalue weighted by Crippen LogP contribution is -2.37. The second-order valence-electron chi connectivity index (χ2n) is 4.57. The van der Waals surface area contributed by atoms with Crippen molar-refractivity contribution in [3.63, 3.8) is 0 Å². The molecule has 2 atom stereocenters. The Morgan fingerprint density at radius 1 is 1.37 bits per heavy atom. The summed E-state index contributed by atoms with van der Waals surface area (Å²) >= 11 is 0. The molecule has 4 N–H and O–H groups in total. The van der Waals surface area contributed by atoms with Gasteiger partial charge in [0.25, 0.3) is 0 Å². The quantitative estimate of drug-likeness (QED) is 0.655. The molecular formula is C13H17N3O3. The summed E-state index contributed by atoms with van der Waals surface area (Å²) in [6.45, 7) is 3.73. The van der Waals surface area contributed by atoms with Crippen molar-refractivity contribution in [1.82, 2.24) is 15.3 Å². The van der Waals surface area contributed by atoms with Gasteiger partial charge < -0.3 is 15.1 Å². The number of hydrogen-bond acceptors (Lipinski definition) is 3. The number of carboxylic acid groups (broad SMARTS) is 1. The number of carbonyl (C=O) groups is 1. The molecule has 2 unspecified atom stereocenters. The fraction of sp³-hybridized carbons (Fsp3) is 0.385. The lowest BCUT2D eigenvalue weighted by atomic mass is 10.1. The number of hydrogen-bond donors (Lipinski definition) is 4. The van der Waals surface area contributed by atoms with E-state index in [4.69, 9.17) is 5.11 Å². The first-order chi connectivity index (χ1) is 9.01. The second-order valence-corrected chi connectivity index (χ2v) is 4.57. The molecule has 0 bridgehead atoms. The Labute approximate surface area is 109 Å². The maximum Gasteiger partial charge on any atom is 0.323 e. The predicted molar refractivity (Wildman–Crippen MR) is 72.2 cm³/mol. The van der Waals surface area contributed by atoms with Gasteiger partial charge in [0.2, 0.25) is 0 Å². The largest absolute Gasteiger partial charge is 0.480 e. The summed E-state index contributed by atoms with van der Waals surface area (Å²) in [4.78, 5) is 27.5. The van der Waals surface area contributed by atoms with Gasteiger partial charge in [-0.2, -0.15) is 0 Å². The maximum atomic E-state index is 11.2. The van der Waals surface area contributed by atoms with Crippen LogP contribution in [-0.4, -0.2) is 27.1 Å². The fourth-order valence-corrected chi connectivity index (χ4v) is 2.08. The van der Waals surface area contributed by atoms with E-state index in [0.717, 1.165) is 16.6 Å². The molecule has 0 aliphatic rings. The molecule has 1 heterocycles. The number of rotatable bonds is 5. The Morgan fingerprint density at radius 2 is 2.05 bits per heavy atom. The van der Waals surface area contributed by atoms with Crippen LogP contribution >= 0.6 is 0 Å². The van der Waals surface area contributed by atoms with Crippen molar-refractivity contribution < 1.29 is 9.90 Å². The van der Waals surface area contributed by atoms with Gasteiger partial charge in [-0.05, 0) is 31.0 Å². The molecule has 6 nitrogen and oxygen atoms in total. The topological polar surface area (TPSA) is 98.0 Å². The average Bonchev–Trinajstić information content (AvgIpc) is 2.74. The molecule has 0 aliphatic carbocycles. The average molecular weight is 263 g/mol. The Morgan fingerprint density at radius 3 is 2.68 bits per heavy atom. The van der Waals surface area contributed by atoms with E-state index in [2.05, 4.69) is 15.3 Å². The molecule has 2 rings (SSSR count). The fourth-order valence-electron chi connectivity index (χ4n) is 2.08. The van der Waals surface area contributed by atoms with Gasteiger partial charge in [-0.1, -0.05) is 13.0 Å². The predicted octanol–water partition coefficient (Wildman–Crippen LogP) is 1.37. The van der Waals surface area contributed by atoms with Crippen LogP contribution in [0.15, 0.2) is 23.0 Å². The van der Waals surface area contributed by atoms with Crippen molar-refractivity contribution in [1.29, 1.82) is 0 Å². The number of aromatic nitrogens is 2. The maximum absolute atomic E-state index is 11.2. The number of aliphatic carboxylic acids is 1. The van der Waals surface area contributed by atoms with Crippen molar-refractivity contribution in [3.05, 3.63) is 34.2 Å². The van der Waals surface area contributed by atoms with Crippen molar-refractivity contribution in [2.75, 3.05) is 0 Å². The SMILES string of the molecule is CCC(NC(C)c1ccc2[nH]c(=O)[nH]c2c1)C(=O)O. The Balaban J connectivity index is 2.23. The van der Waals surface area contributed by atoms with E-state index in [1.54, 1.807) is 0 Å². The highest BCUT2D eigenvalue weighted by molar-refractivity contribution is 5.75. The van der Waals surface area contributed by atoms with Crippen LogP contribution in [0.1, 0.15) is 31.9 Å². The molecule has 6 heteroatoms. The third kappa shape index (κ3) is 2.85. The smallest absolute Gasteiger partial charge is 0.323 e. The molecule has 0 amide bonds. The number of carboxylic acids is 1. The molecule has 1 aromatic heterocycles. The van der Waals surface area contributed by atoms with Crippen LogP contribution in [0.2, 0.25) is 0 Å². The van der Waals surface area contributed by atoms with E-state index in [0.29, 0.717) is 6.42 Å². The normalized spacial score (nSPS) is 14.4. The van der Waals surface area contributed by atoms with E-state index in [-0.39, 0.29) is 11.7 Å². The zero-order valence-corrected chi connectivity index (χ0v) is 10.9. The molecule has 1 aromatic carbocycles. The standard InChI is InChI=1S/C13H17N3O3/c1-3-9(12(17)18)14-7(2)8-4-5-10-11(6-8)16-13(19)15-10/h4-7,9,14H,3H2,1-2H3,(H,17,18)(H2,15,16,19). The minimum atomic E-state index is -0.856. The van der Waals surface area contributed by atoms with E-state index in [1.807, 2.05) is 32.0 Å². The highest BCUT2D eigenvalue weighted by Crippen LogP contribution is 2.17. The molecule has 19 heavy (non-hydrogen) atoms. The van der Waals surface area contributed by atoms with Crippen molar-refractivity contribution >= 4 is 17.0 Å². The number of H-pyrrole nitrogens is 2.